The number of thiocarbonyl (C=S) groups is 1. The predicted molar refractivity (Wildman–Crippen MR) is 83.9 cm³/mol. The lowest BCUT2D eigenvalue weighted by Gasteiger charge is -2.32. The smallest absolute Gasteiger partial charge is 0.227 e. The number of hydrogen-bond acceptors (Lipinski definition) is 2. The summed E-state index contributed by atoms with van der Waals surface area (Å²) in [5.41, 5.74) is 6.72. The van der Waals surface area contributed by atoms with Gasteiger partial charge in [-0.15, -0.1) is 0 Å². The van der Waals surface area contributed by atoms with Gasteiger partial charge in [0.2, 0.25) is 5.91 Å². The van der Waals surface area contributed by atoms with Gasteiger partial charge >= 0.3 is 0 Å². The van der Waals surface area contributed by atoms with Gasteiger partial charge in [0.25, 0.3) is 0 Å². The second-order valence-electron chi connectivity index (χ2n) is 4.88. The van der Waals surface area contributed by atoms with E-state index in [9.17, 15) is 4.79 Å². The maximum absolute atomic E-state index is 12.3. The van der Waals surface area contributed by atoms with Crippen molar-refractivity contribution in [3.63, 3.8) is 0 Å². The van der Waals surface area contributed by atoms with Crippen molar-refractivity contribution in [1.29, 1.82) is 0 Å². The fourth-order valence-corrected chi connectivity index (χ4v) is 2.78. The van der Waals surface area contributed by atoms with E-state index in [1.807, 2.05) is 29.2 Å². The molecule has 1 saturated heterocycles. The molecule has 0 aromatic heterocycles. The Morgan fingerprint density at radius 3 is 2.74 bits per heavy atom. The topological polar surface area (TPSA) is 46.3 Å². The zero-order valence-corrected chi connectivity index (χ0v) is 13.0. The first-order valence-electron chi connectivity index (χ1n) is 6.38. The Morgan fingerprint density at radius 1 is 1.42 bits per heavy atom. The molecule has 102 valence electrons. The summed E-state index contributed by atoms with van der Waals surface area (Å²) in [5.74, 6) is 0.334. The Bertz CT molecular complexity index is 475. The van der Waals surface area contributed by atoms with E-state index in [1.165, 1.54) is 0 Å². The maximum atomic E-state index is 12.3. The molecule has 1 heterocycles. The number of carbonyl (C=O) groups excluding carboxylic acids is 1. The van der Waals surface area contributed by atoms with Crippen molar-refractivity contribution in [3.8, 4) is 0 Å². The van der Waals surface area contributed by atoms with Crippen LogP contribution in [0.2, 0.25) is 0 Å². The molecule has 1 aromatic carbocycles. The van der Waals surface area contributed by atoms with E-state index in [0.29, 0.717) is 18.0 Å². The van der Waals surface area contributed by atoms with Gasteiger partial charge in [-0.25, -0.2) is 0 Å². The van der Waals surface area contributed by atoms with E-state index in [-0.39, 0.29) is 11.8 Å². The van der Waals surface area contributed by atoms with E-state index < -0.39 is 0 Å². The Hall–Kier alpha value is -0.940. The predicted octanol–water partition coefficient (Wildman–Crippen LogP) is 2.52. The van der Waals surface area contributed by atoms with Crippen molar-refractivity contribution < 1.29 is 4.79 Å². The highest BCUT2D eigenvalue weighted by atomic mass is 79.9. The first-order valence-corrected chi connectivity index (χ1v) is 7.58. The lowest BCUT2D eigenvalue weighted by Crippen LogP contribution is -2.44. The third-order valence-corrected chi connectivity index (χ3v) is 4.31. The van der Waals surface area contributed by atoms with Crippen molar-refractivity contribution in [3.05, 3.63) is 34.3 Å². The zero-order valence-electron chi connectivity index (χ0n) is 10.6. The second-order valence-corrected chi connectivity index (χ2v) is 6.27. The monoisotopic (exact) mass is 340 g/mol. The Morgan fingerprint density at radius 2 is 2.11 bits per heavy atom. The molecule has 5 heteroatoms. The molecule has 3 nitrogen and oxygen atoms in total. The molecule has 0 spiro atoms. The van der Waals surface area contributed by atoms with E-state index in [1.54, 1.807) is 0 Å². The summed E-state index contributed by atoms with van der Waals surface area (Å²) in [6.45, 7) is 1.49. The summed E-state index contributed by atoms with van der Waals surface area (Å²) in [7, 11) is 0. The van der Waals surface area contributed by atoms with Crippen LogP contribution in [0, 0.1) is 5.92 Å². The van der Waals surface area contributed by atoms with Crippen LogP contribution in [0.4, 0.5) is 0 Å². The van der Waals surface area contributed by atoms with E-state index in [4.69, 9.17) is 18.0 Å². The van der Waals surface area contributed by atoms with Gasteiger partial charge in [0, 0.05) is 23.5 Å². The first kappa shape index (κ1) is 14.5. The number of hydrogen-bond donors (Lipinski definition) is 1. The molecule has 0 bridgehead atoms. The van der Waals surface area contributed by atoms with E-state index in [2.05, 4.69) is 15.9 Å². The van der Waals surface area contributed by atoms with E-state index >= 15 is 0 Å². The second kappa shape index (κ2) is 6.48. The molecular formula is C14H17BrN2OS. The van der Waals surface area contributed by atoms with E-state index in [0.717, 1.165) is 29.4 Å². The highest BCUT2D eigenvalue weighted by Crippen LogP contribution is 2.18. The number of halogens is 1. The van der Waals surface area contributed by atoms with Crippen LogP contribution in [-0.2, 0) is 11.2 Å². The summed E-state index contributed by atoms with van der Waals surface area (Å²) in [4.78, 5) is 14.7. The van der Waals surface area contributed by atoms with Gasteiger partial charge in [-0.1, -0.05) is 40.3 Å². The van der Waals surface area contributed by atoms with Crippen LogP contribution in [0.1, 0.15) is 18.4 Å². The van der Waals surface area contributed by atoms with Crippen molar-refractivity contribution >= 4 is 39.0 Å². The van der Waals surface area contributed by atoms with Crippen LogP contribution < -0.4 is 5.73 Å². The van der Waals surface area contributed by atoms with Gasteiger partial charge in [0.05, 0.1) is 11.4 Å². The number of benzene rings is 1. The minimum absolute atomic E-state index is 0.156. The van der Waals surface area contributed by atoms with Crippen molar-refractivity contribution in [1.82, 2.24) is 4.90 Å². The summed E-state index contributed by atoms with van der Waals surface area (Å²) >= 11 is 8.42. The van der Waals surface area contributed by atoms with Crippen molar-refractivity contribution in [2.24, 2.45) is 11.7 Å². The number of amides is 1. The van der Waals surface area contributed by atoms with Gasteiger partial charge in [-0.2, -0.15) is 0 Å². The molecule has 1 aromatic rings. The molecule has 1 atom stereocenters. The molecule has 0 aliphatic carbocycles. The normalized spacial score (nSPS) is 19.2. The molecule has 1 amide bonds. The van der Waals surface area contributed by atoms with Gasteiger partial charge < -0.3 is 10.6 Å². The number of carbonyl (C=O) groups is 1. The molecule has 1 aliphatic heterocycles. The minimum Gasteiger partial charge on any atom is -0.393 e. The number of piperidine rings is 1. The molecule has 0 radical (unpaired) electrons. The standard InChI is InChI=1S/C14H17BrN2OS/c15-12-5-3-10(4-6-12)8-13(18)17-7-1-2-11(9-17)14(16)19/h3-6,11H,1-2,7-9H2,(H2,16,19). The van der Waals surface area contributed by atoms with Crippen LogP contribution in [0.3, 0.4) is 0 Å². The Labute approximate surface area is 127 Å². The number of rotatable bonds is 3. The SMILES string of the molecule is NC(=S)C1CCCN(C(=O)Cc2ccc(Br)cc2)C1. The third-order valence-electron chi connectivity index (χ3n) is 3.45. The van der Waals surface area contributed by atoms with Crippen molar-refractivity contribution in [2.45, 2.75) is 19.3 Å². The van der Waals surface area contributed by atoms with Crippen LogP contribution >= 0.6 is 28.1 Å². The maximum Gasteiger partial charge on any atom is 0.227 e. The van der Waals surface area contributed by atoms with Gasteiger partial charge in [-0.05, 0) is 30.5 Å². The molecule has 2 N–H and O–H groups in total. The highest BCUT2D eigenvalue weighted by molar-refractivity contribution is 9.10. The third kappa shape index (κ3) is 4.01. The fourth-order valence-electron chi connectivity index (χ4n) is 2.32. The number of likely N-dealkylation sites (tertiary alicyclic amines) is 1. The average molecular weight is 341 g/mol. The highest BCUT2D eigenvalue weighted by Gasteiger charge is 2.25. The molecule has 1 fully saturated rings. The fraction of sp³-hybridized carbons (Fsp3) is 0.429. The molecular weight excluding hydrogens is 324 g/mol. The molecule has 19 heavy (non-hydrogen) atoms. The zero-order chi connectivity index (χ0) is 13.8. The first-order chi connectivity index (χ1) is 9.06. The van der Waals surface area contributed by atoms with Crippen LogP contribution in [0.25, 0.3) is 0 Å². The van der Waals surface area contributed by atoms with Crippen LogP contribution in [0.15, 0.2) is 28.7 Å². The summed E-state index contributed by atoms with van der Waals surface area (Å²) in [6, 6.07) is 7.85. The average Bonchev–Trinajstić information content (AvgIpc) is 2.41. The number of nitrogens with zero attached hydrogens (tertiary/aromatic N) is 1. The molecule has 0 saturated carbocycles. The summed E-state index contributed by atoms with van der Waals surface area (Å²) < 4.78 is 1.02. The lowest BCUT2D eigenvalue weighted by molar-refractivity contribution is -0.131. The van der Waals surface area contributed by atoms with Crippen LogP contribution in [0.5, 0.6) is 0 Å². The quantitative estimate of drug-likeness (QED) is 0.860. The Kier molecular flexibility index (Phi) is 4.93. The number of nitrogens with two attached hydrogens (primary N) is 1. The Balaban J connectivity index is 1.96. The molecule has 1 aliphatic rings. The molecule has 2 rings (SSSR count). The largest absolute Gasteiger partial charge is 0.393 e. The van der Waals surface area contributed by atoms with Gasteiger partial charge in [0.1, 0.15) is 0 Å². The summed E-state index contributed by atoms with van der Waals surface area (Å²) in [6.07, 6.45) is 2.42. The van der Waals surface area contributed by atoms with Crippen LogP contribution in [-0.4, -0.2) is 28.9 Å². The minimum atomic E-state index is 0.156. The van der Waals surface area contributed by atoms with Gasteiger partial charge in [0.15, 0.2) is 0 Å². The lowest BCUT2D eigenvalue weighted by atomic mass is 9.97. The summed E-state index contributed by atoms with van der Waals surface area (Å²) in [5, 5.41) is 0. The van der Waals surface area contributed by atoms with Crippen molar-refractivity contribution in [2.75, 3.05) is 13.1 Å². The molecule has 1 unspecified atom stereocenters. The van der Waals surface area contributed by atoms with Gasteiger partial charge in [-0.3, -0.25) is 4.79 Å².